The van der Waals surface area contributed by atoms with Crippen molar-refractivity contribution in [3.8, 4) is 0 Å². The first-order chi connectivity index (χ1) is 8.75. The van der Waals surface area contributed by atoms with Gasteiger partial charge in [0.25, 0.3) is 0 Å². The second-order valence-electron chi connectivity index (χ2n) is 4.32. The molecule has 0 aromatic carbocycles. The molecule has 1 aliphatic heterocycles. The molecule has 0 bridgehead atoms. The molecule has 9 nitrogen and oxygen atoms in total. The molecule has 110 valence electrons. The molecule has 6 N–H and O–H groups in total. The quantitative estimate of drug-likeness (QED) is 0.363. The van der Waals surface area contributed by atoms with E-state index in [0.29, 0.717) is 0 Å². The Hall–Kier alpha value is -1.26. The summed E-state index contributed by atoms with van der Waals surface area (Å²) in [6.45, 7) is 1.05. The van der Waals surface area contributed by atoms with E-state index in [1.165, 1.54) is 6.92 Å². The van der Waals surface area contributed by atoms with Crippen LogP contribution in [0.3, 0.4) is 0 Å². The number of ether oxygens (including phenoxy) is 2. The van der Waals surface area contributed by atoms with Crippen LogP contribution in [0.2, 0.25) is 0 Å². The maximum Gasteiger partial charge on any atom is 0.335 e. The van der Waals surface area contributed by atoms with E-state index in [9.17, 15) is 19.8 Å². The van der Waals surface area contributed by atoms with Gasteiger partial charge in [-0.1, -0.05) is 0 Å². The third-order valence-electron chi connectivity index (χ3n) is 2.85. The molecule has 1 aliphatic rings. The van der Waals surface area contributed by atoms with Crippen LogP contribution in [0.15, 0.2) is 0 Å². The lowest BCUT2D eigenvalue weighted by Gasteiger charge is -2.39. The van der Waals surface area contributed by atoms with E-state index in [-0.39, 0.29) is 0 Å². The zero-order valence-corrected chi connectivity index (χ0v) is 10.2. The summed E-state index contributed by atoms with van der Waals surface area (Å²) in [4.78, 5) is 21.3. The zero-order valence-electron chi connectivity index (χ0n) is 10.2. The molecule has 0 saturated carbocycles. The van der Waals surface area contributed by atoms with Gasteiger partial charge in [-0.15, -0.1) is 0 Å². The Labute approximate surface area is 108 Å². The largest absolute Gasteiger partial charge is 0.480 e. The van der Waals surface area contributed by atoms with Crippen molar-refractivity contribution in [3.63, 3.8) is 0 Å². The van der Waals surface area contributed by atoms with Crippen LogP contribution in [0.5, 0.6) is 0 Å². The molecule has 0 aliphatic carbocycles. The minimum atomic E-state index is -1.67. The van der Waals surface area contributed by atoms with Gasteiger partial charge < -0.3 is 35.6 Å². The van der Waals surface area contributed by atoms with E-state index in [2.05, 4.69) is 0 Å². The molecule has 0 spiro atoms. The van der Waals surface area contributed by atoms with Crippen LogP contribution in [0.1, 0.15) is 6.92 Å². The second kappa shape index (κ2) is 6.26. The maximum atomic E-state index is 10.8. The summed E-state index contributed by atoms with van der Waals surface area (Å²) in [6, 6.07) is -1.28. The van der Waals surface area contributed by atoms with Crippen molar-refractivity contribution >= 4 is 11.9 Å². The molecule has 6 atom stereocenters. The van der Waals surface area contributed by atoms with Gasteiger partial charge in [-0.3, -0.25) is 4.79 Å². The van der Waals surface area contributed by atoms with Gasteiger partial charge in [0.15, 0.2) is 6.10 Å². The Morgan fingerprint density at radius 1 is 1.32 bits per heavy atom. The van der Waals surface area contributed by atoms with Gasteiger partial charge in [-0.2, -0.15) is 0 Å². The number of rotatable bonds is 5. The number of aliphatic hydroxyl groups excluding tert-OH is 2. The van der Waals surface area contributed by atoms with Crippen molar-refractivity contribution in [2.75, 3.05) is 6.61 Å². The molecule has 1 fully saturated rings. The summed E-state index contributed by atoms with van der Waals surface area (Å²) in [7, 11) is 0. The van der Waals surface area contributed by atoms with Crippen LogP contribution in [-0.2, 0) is 19.1 Å². The predicted molar refractivity (Wildman–Crippen MR) is 59.3 cm³/mol. The van der Waals surface area contributed by atoms with E-state index in [1.54, 1.807) is 0 Å². The normalized spacial score (nSPS) is 36.7. The molecule has 0 amide bonds. The second-order valence-corrected chi connectivity index (χ2v) is 4.32. The van der Waals surface area contributed by atoms with Crippen LogP contribution >= 0.6 is 0 Å². The Kier molecular flexibility index (Phi) is 5.20. The maximum absolute atomic E-state index is 10.8. The molecular formula is C10H17NO8. The van der Waals surface area contributed by atoms with Crippen molar-refractivity contribution in [2.24, 2.45) is 5.73 Å². The van der Waals surface area contributed by atoms with E-state index in [0.717, 1.165) is 0 Å². The van der Waals surface area contributed by atoms with Crippen LogP contribution < -0.4 is 5.73 Å². The molecule has 1 saturated heterocycles. The minimum Gasteiger partial charge on any atom is -0.480 e. The van der Waals surface area contributed by atoms with Gasteiger partial charge in [0.1, 0.15) is 24.4 Å². The minimum absolute atomic E-state index is 0.394. The number of nitrogens with two attached hydrogens (primary N) is 1. The summed E-state index contributed by atoms with van der Waals surface area (Å²) in [5, 5.41) is 36.7. The Balaban J connectivity index is 2.65. The fraction of sp³-hybridized carbons (Fsp3) is 0.800. The lowest BCUT2D eigenvalue weighted by atomic mass is 9.95. The highest BCUT2D eigenvalue weighted by Gasteiger charge is 2.46. The molecule has 0 aromatic rings. The highest BCUT2D eigenvalue weighted by atomic mass is 16.6. The molecule has 3 unspecified atom stereocenters. The number of carbonyl (C=O) groups is 2. The SMILES string of the molecule is CC1OC(C(=O)O)[C@@H](O)[C@H](O)[C@H]1OCC(N)C(=O)O. The third kappa shape index (κ3) is 3.61. The topological polar surface area (TPSA) is 160 Å². The Morgan fingerprint density at radius 2 is 1.89 bits per heavy atom. The first-order valence-electron chi connectivity index (χ1n) is 5.60. The van der Waals surface area contributed by atoms with Crippen LogP contribution in [0, 0.1) is 0 Å². The van der Waals surface area contributed by atoms with Crippen molar-refractivity contribution < 1.29 is 39.5 Å². The summed E-state index contributed by atoms with van der Waals surface area (Å²) in [6.07, 6.45) is -6.62. The summed E-state index contributed by atoms with van der Waals surface area (Å²) >= 11 is 0. The highest BCUT2D eigenvalue weighted by Crippen LogP contribution is 2.23. The van der Waals surface area contributed by atoms with Crippen molar-refractivity contribution in [3.05, 3.63) is 0 Å². The molecular weight excluding hydrogens is 262 g/mol. The van der Waals surface area contributed by atoms with Crippen molar-refractivity contribution in [2.45, 2.75) is 43.5 Å². The van der Waals surface area contributed by atoms with Crippen LogP contribution in [0.4, 0.5) is 0 Å². The average Bonchev–Trinajstić information content (AvgIpc) is 2.32. The summed E-state index contributed by atoms with van der Waals surface area (Å²) in [5.41, 5.74) is 5.23. The molecule has 0 radical (unpaired) electrons. The Morgan fingerprint density at radius 3 is 2.37 bits per heavy atom. The van der Waals surface area contributed by atoms with Gasteiger partial charge in [0.05, 0.1) is 12.7 Å². The highest BCUT2D eigenvalue weighted by molar-refractivity contribution is 5.73. The number of aliphatic hydroxyl groups is 2. The first-order valence-corrected chi connectivity index (χ1v) is 5.60. The molecule has 0 aromatic heterocycles. The monoisotopic (exact) mass is 279 g/mol. The van der Waals surface area contributed by atoms with Crippen molar-refractivity contribution in [1.29, 1.82) is 0 Å². The number of carboxylic acid groups (broad SMARTS) is 2. The predicted octanol–water partition coefficient (Wildman–Crippen LogP) is -2.62. The average molecular weight is 279 g/mol. The zero-order chi connectivity index (χ0) is 14.7. The van der Waals surface area contributed by atoms with Gasteiger partial charge >= 0.3 is 11.9 Å². The van der Waals surface area contributed by atoms with E-state index >= 15 is 0 Å². The fourth-order valence-electron chi connectivity index (χ4n) is 1.76. The van der Waals surface area contributed by atoms with E-state index in [1.807, 2.05) is 0 Å². The molecule has 9 heteroatoms. The molecule has 19 heavy (non-hydrogen) atoms. The van der Waals surface area contributed by atoms with Crippen LogP contribution in [-0.4, -0.2) is 75.5 Å². The lowest BCUT2D eigenvalue weighted by Crippen LogP contribution is -2.60. The van der Waals surface area contributed by atoms with Gasteiger partial charge in [0.2, 0.25) is 0 Å². The van der Waals surface area contributed by atoms with Gasteiger partial charge in [-0.25, -0.2) is 4.79 Å². The number of hydrogen-bond donors (Lipinski definition) is 5. The fourth-order valence-corrected chi connectivity index (χ4v) is 1.76. The molecule has 1 rings (SSSR count). The molecule has 1 heterocycles. The lowest BCUT2D eigenvalue weighted by molar-refractivity contribution is -0.235. The summed E-state index contributed by atoms with van der Waals surface area (Å²) in [5.74, 6) is -2.68. The first kappa shape index (κ1) is 15.8. The number of carboxylic acids is 2. The van der Waals surface area contributed by atoms with E-state index < -0.39 is 55.1 Å². The smallest absolute Gasteiger partial charge is 0.335 e. The third-order valence-corrected chi connectivity index (χ3v) is 2.85. The number of aliphatic carboxylic acids is 2. The van der Waals surface area contributed by atoms with Crippen LogP contribution in [0.25, 0.3) is 0 Å². The van der Waals surface area contributed by atoms with Gasteiger partial charge in [-0.05, 0) is 6.92 Å². The summed E-state index contributed by atoms with van der Waals surface area (Å²) < 4.78 is 10.1. The van der Waals surface area contributed by atoms with Gasteiger partial charge in [0, 0.05) is 0 Å². The standard InChI is InChI=1S/C10H17NO8/c1-3-7(18-2-4(11)9(14)15)5(12)6(13)8(19-3)10(16)17/h3-8,12-13H,2,11H2,1H3,(H,14,15)(H,16,17)/t3?,4?,5-,6-,7-,8?/m0/s1. The number of hydrogen-bond acceptors (Lipinski definition) is 7. The Bertz CT molecular complexity index is 348. The van der Waals surface area contributed by atoms with Crippen molar-refractivity contribution in [1.82, 2.24) is 0 Å². The van der Waals surface area contributed by atoms with E-state index in [4.69, 9.17) is 25.4 Å².